The van der Waals surface area contributed by atoms with Crippen molar-refractivity contribution >= 4 is 27.6 Å². The number of carbonyl (C=O) groups is 2. The van der Waals surface area contributed by atoms with Gasteiger partial charge in [0.05, 0.1) is 17.6 Å². The molecule has 0 radical (unpaired) electrons. The van der Waals surface area contributed by atoms with Crippen LogP contribution in [0.3, 0.4) is 0 Å². The van der Waals surface area contributed by atoms with E-state index in [0.717, 1.165) is 0 Å². The molecule has 0 heterocycles. The second-order valence-electron chi connectivity index (χ2n) is 4.76. The number of methoxy groups -OCH3 is 1. The molecule has 2 aromatic carbocycles. The van der Waals surface area contributed by atoms with E-state index in [2.05, 4.69) is 14.8 Å². The molecule has 126 valence electrons. The van der Waals surface area contributed by atoms with Gasteiger partial charge in [-0.3, -0.25) is 4.79 Å². The number of carbonyl (C=O) groups excluding carboxylic acids is 2. The molecule has 0 spiro atoms. The standard InChI is InChI=1S/C16H16N2O5S/c1-17-24(21,22)14-5-3-4-12(10-14)15(19)18-13-8-6-11(7-9-13)16(20)23-2/h3-10,17H,1-2H3,(H,18,19). The highest BCUT2D eigenvalue weighted by atomic mass is 32.2. The molecular weight excluding hydrogens is 332 g/mol. The van der Waals surface area contributed by atoms with Gasteiger partial charge in [-0.2, -0.15) is 0 Å². The maximum atomic E-state index is 12.2. The molecule has 0 aromatic heterocycles. The molecule has 0 aliphatic heterocycles. The van der Waals surface area contributed by atoms with E-state index in [1.807, 2.05) is 0 Å². The summed E-state index contributed by atoms with van der Waals surface area (Å²) in [5.41, 5.74) is 1.02. The Bertz CT molecular complexity index is 860. The molecule has 0 aliphatic carbocycles. The Kier molecular flexibility index (Phi) is 5.32. The lowest BCUT2D eigenvalue weighted by atomic mass is 10.2. The lowest BCUT2D eigenvalue weighted by Gasteiger charge is -2.08. The number of esters is 1. The number of anilines is 1. The van der Waals surface area contributed by atoms with Crippen LogP contribution >= 0.6 is 0 Å². The Hall–Kier alpha value is -2.71. The summed E-state index contributed by atoms with van der Waals surface area (Å²) >= 11 is 0. The Balaban J connectivity index is 2.18. The van der Waals surface area contributed by atoms with Crippen LogP contribution in [-0.2, 0) is 14.8 Å². The highest BCUT2D eigenvalue weighted by Gasteiger charge is 2.14. The average Bonchev–Trinajstić information content (AvgIpc) is 2.61. The van der Waals surface area contributed by atoms with Gasteiger partial charge < -0.3 is 10.1 Å². The highest BCUT2D eigenvalue weighted by Crippen LogP contribution is 2.15. The van der Waals surface area contributed by atoms with Crippen LogP contribution in [0.15, 0.2) is 53.4 Å². The summed E-state index contributed by atoms with van der Waals surface area (Å²) in [5, 5.41) is 2.63. The minimum absolute atomic E-state index is 0.00121. The maximum Gasteiger partial charge on any atom is 0.337 e. The summed E-state index contributed by atoms with van der Waals surface area (Å²) in [6.07, 6.45) is 0. The number of rotatable bonds is 5. The topological polar surface area (TPSA) is 102 Å². The SMILES string of the molecule is CNS(=O)(=O)c1cccc(C(=O)Nc2ccc(C(=O)OC)cc2)c1. The quantitative estimate of drug-likeness (QED) is 0.800. The molecule has 0 saturated carbocycles. The van der Waals surface area contributed by atoms with Crippen molar-refractivity contribution in [3.05, 3.63) is 59.7 Å². The van der Waals surface area contributed by atoms with Gasteiger partial charge in [0, 0.05) is 11.3 Å². The van der Waals surface area contributed by atoms with Gasteiger partial charge in [0.25, 0.3) is 5.91 Å². The summed E-state index contributed by atoms with van der Waals surface area (Å²) in [5.74, 6) is -0.938. The van der Waals surface area contributed by atoms with Crippen molar-refractivity contribution in [3.8, 4) is 0 Å². The number of sulfonamides is 1. The largest absolute Gasteiger partial charge is 0.465 e. The first kappa shape index (κ1) is 17.6. The smallest absolute Gasteiger partial charge is 0.337 e. The van der Waals surface area contributed by atoms with Crippen LogP contribution in [0.4, 0.5) is 5.69 Å². The Morgan fingerprint density at radius 3 is 2.25 bits per heavy atom. The number of ether oxygens (including phenoxy) is 1. The van der Waals surface area contributed by atoms with E-state index in [1.54, 1.807) is 12.1 Å². The Morgan fingerprint density at radius 1 is 1.00 bits per heavy atom. The van der Waals surface area contributed by atoms with Crippen molar-refractivity contribution in [1.29, 1.82) is 0 Å². The van der Waals surface area contributed by atoms with Crippen LogP contribution in [0, 0.1) is 0 Å². The van der Waals surface area contributed by atoms with E-state index in [0.29, 0.717) is 11.3 Å². The van der Waals surface area contributed by atoms with E-state index in [4.69, 9.17) is 0 Å². The fraction of sp³-hybridized carbons (Fsp3) is 0.125. The average molecular weight is 348 g/mol. The van der Waals surface area contributed by atoms with Crippen LogP contribution < -0.4 is 10.0 Å². The summed E-state index contributed by atoms with van der Waals surface area (Å²) < 4.78 is 30.3. The maximum absolute atomic E-state index is 12.2. The molecule has 0 atom stereocenters. The third-order valence-corrected chi connectivity index (χ3v) is 4.65. The molecule has 0 bridgehead atoms. The van der Waals surface area contributed by atoms with Crippen molar-refractivity contribution in [1.82, 2.24) is 4.72 Å². The normalized spacial score (nSPS) is 10.9. The number of hydrogen-bond acceptors (Lipinski definition) is 5. The minimum atomic E-state index is -3.63. The lowest BCUT2D eigenvalue weighted by Crippen LogP contribution is -2.19. The van der Waals surface area contributed by atoms with Crippen LogP contribution in [-0.4, -0.2) is 34.5 Å². The first-order valence-corrected chi connectivity index (χ1v) is 8.39. The first-order valence-electron chi connectivity index (χ1n) is 6.90. The van der Waals surface area contributed by atoms with E-state index in [9.17, 15) is 18.0 Å². The van der Waals surface area contributed by atoms with Crippen molar-refractivity contribution in [2.24, 2.45) is 0 Å². The van der Waals surface area contributed by atoms with E-state index in [1.165, 1.54) is 50.6 Å². The fourth-order valence-electron chi connectivity index (χ4n) is 1.93. The van der Waals surface area contributed by atoms with Gasteiger partial charge in [-0.1, -0.05) is 6.07 Å². The summed E-state index contributed by atoms with van der Waals surface area (Å²) in [6.45, 7) is 0. The van der Waals surface area contributed by atoms with Crippen molar-refractivity contribution in [3.63, 3.8) is 0 Å². The van der Waals surface area contributed by atoms with Crippen molar-refractivity contribution in [2.45, 2.75) is 4.90 Å². The predicted octanol–water partition coefficient (Wildman–Crippen LogP) is 1.63. The summed E-state index contributed by atoms with van der Waals surface area (Å²) in [7, 11) is -1.05. The first-order chi connectivity index (χ1) is 11.4. The number of nitrogens with one attached hydrogen (secondary N) is 2. The van der Waals surface area contributed by atoms with Crippen LogP contribution in [0.2, 0.25) is 0 Å². The van der Waals surface area contributed by atoms with Crippen LogP contribution in [0.5, 0.6) is 0 Å². The molecule has 0 fully saturated rings. The van der Waals surface area contributed by atoms with Gasteiger partial charge in [0.2, 0.25) is 10.0 Å². The Morgan fingerprint density at radius 2 is 1.67 bits per heavy atom. The number of benzene rings is 2. The van der Waals surface area contributed by atoms with Gasteiger partial charge in [-0.25, -0.2) is 17.9 Å². The van der Waals surface area contributed by atoms with E-state index < -0.39 is 21.9 Å². The van der Waals surface area contributed by atoms with Crippen molar-refractivity contribution in [2.75, 3.05) is 19.5 Å². The number of hydrogen-bond donors (Lipinski definition) is 2. The summed E-state index contributed by atoms with van der Waals surface area (Å²) in [6, 6.07) is 11.8. The fourth-order valence-corrected chi connectivity index (χ4v) is 2.71. The minimum Gasteiger partial charge on any atom is -0.465 e. The van der Waals surface area contributed by atoms with Crippen molar-refractivity contribution < 1.29 is 22.7 Å². The summed E-state index contributed by atoms with van der Waals surface area (Å²) in [4.78, 5) is 23.6. The third kappa shape index (κ3) is 3.98. The molecule has 2 aromatic rings. The number of amides is 1. The zero-order valence-electron chi connectivity index (χ0n) is 13.1. The van der Waals surface area contributed by atoms with Gasteiger partial charge >= 0.3 is 5.97 Å². The van der Waals surface area contributed by atoms with E-state index >= 15 is 0 Å². The molecule has 2 rings (SSSR count). The molecule has 24 heavy (non-hydrogen) atoms. The lowest BCUT2D eigenvalue weighted by molar-refractivity contribution is 0.0600. The third-order valence-electron chi connectivity index (χ3n) is 3.24. The highest BCUT2D eigenvalue weighted by molar-refractivity contribution is 7.89. The molecule has 2 N–H and O–H groups in total. The molecule has 1 amide bonds. The zero-order valence-corrected chi connectivity index (χ0v) is 13.9. The molecule has 0 aliphatic rings. The van der Waals surface area contributed by atoms with Crippen LogP contribution in [0.25, 0.3) is 0 Å². The Labute approximate surface area is 139 Å². The second kappa shape index (κ2) is 7.24. The molecular formula is C16H16N2O5S. The zero-order chi connectivity index (χ0) is 17.7. The van der Waals surface area contributed by atoms with Gasteiger partial charge in [0.15, 0.2) is 0 Å². The van der Waals surface area contributed by atoms with Gasteiger partial charge in [-0.15, -0.1) is 0 Å². The van der Waals surface area contributed by atoms with Gasteiger partial charge in [-0.05, 0) is 49.5 Å². The molecule has 7 nitrogen and oxygen atoms in total. The van der Waals surface area contributed by atoms with Crippen LogP contribution in [0.1, 0.15) is 20.7 Å². The monoisotopic (exact) mass is 348 g/mol. The molecule has 0 unspecified atom stereocenters. The van der Waals surface area contributed by atoms with Gasteiger partial charge in [0.1, 0.15) is 0 Å². The molecule has 8 heteroatoms. The molecule has 0 saturated heterocycles. The van der Waals surface area contributed by atoms with E-state index in [-0.39, 0.29) is 10.5 Å². The predicted molar refractivity (Wildman–Crippen MR) is 88.4 cm³/mol. The second-order valence-corrected chi connectivity index (χ2v) is 6.64.